The lowest BCUT2D eigenvalue weighted by molar-refractivity contribution is -0.114. The van der Waals surface area contributed by atoms with Crippen molar-refractivity contribution in [1.29, 1.82) is 0 Å². The molecule has 0 spiro atoms. The van der Waals surface area contributed by atoms with Crippen molar-refractivity contribution in [3.63, 3.8) is 0 Å². The number of halogens is 1. The molecule has 3 N–H and O–H groups in total. The van der Waals surface area contributed by atoms with Crippen molar-refractivity contribution in [2.24, 2.45) is 5.92 Å². The molecule has 1 aliphatic rings. The smallest absolute Gasteiger partial charge is 0.341 e. The Hall–Kier alpha value is -4.74. The van der Waals surface area contributed by atoms with Crippen molar-refractivity contribution in [3.05, 3.63) is 118 Å². The molecule has 0 aliphatic heterocycles. The van der Waals surface area contributed by atoms with E-state index in [1.54, 1.807) is 55.5 Å². The van der Waals surface area contributed by atoms with Gasteiger partial charge in [-0.3, -0.25) is 14.4 Å². The van der Waals surface area contributed by atoms with E-state index < -0.39 is 23.6 Å². The quantitative estimate of drug-likeness (QED) is 0.0875. The first-order chi connectivity index (χ1) is 22.7. The van der Waals surface area contributed by atoms with E-state index in [9.17, 15) is 23.6 Å². The van der Waals surface area contributed by atoms with Crippen LogP contribution in [0, 0.1) is 11.7 Å². The van der Waals surface area contributed by atoms with Gasteiger partial charge in [0.15, 0.2) is 0 Å². The van der Waals surface area contributed by atoms with E-state index in [1.807, 2.05) is 6.07 Å². The van der Waals surface area contributed by atoms with Gasteiger partial charge in [-0.25, -0.2) is 9.18 Å². The van der Waals surface area contributed by atoms with Crippen molar-refractivity contribution in [3.8, 4) is 0 Å². The minimum Gasteiger partial charge on any atom is -0.462 e. The molecule has 242 valence electrons. The van der Waals surface area contributed by atoms with Gasteiger partial charge in [0.1, 0.15) is 16.5 Å². The highest BCUT2D eigenvalue weighted by molar-refractivity contribution is 8.00. The summed E-state index contributed by atoms with van der Waals surface area (Å²) < 4.78 is 18.8. The van der Waals surface area contributed by atoms with Crippen LogP contribution in [-0.4, -0.2) is 36.1 Å². The van der Waals surface area contributed by atoms with Gasteiger partial charge in [-0.1, -0.05) is 43.3 Å². The van der Waals surface area contributed by atoms with E-state index in [1.165, 1.54) is 53.4 Å². The molecule has 1 aromatic heterocycles. The number of fused-ring (bicyclic) bond motifs is 1. The predicted molar refractivity (Wildman–Crippen MR) is 184 cm³/mol. The summed E-state index contributed by atoms with van der Waals surface area (Å²) in [5.74, 6) is -1.58. The van der Waals surface area contributed by atoms with Crippen LogP contribution in [-0.2, 0) is 27.2 Å². The fourth-order valence-electron chi connectivity index (χ4n) is 5.10. The van der Waals surface area contributed by atoms with E-state index in [0.29, 0.717) is 33.3 Å². The molecule has 3 aromatic carbocycles. The van der Waals surface area contributed by atoms with Gasteiger partial charge >= 0.3 is 5.97 Å². The Bertz CT molecular complexity index is 1810. The Balaban J connectivity index is 1.26. The van der Waals surface area contributed by atoms with E-state index in [-0.39, 0.29) is 24.0 Å². The summed E-state index contributed by atoms with van der Waals surface area (Å²) in [7, 11) is 0. The number of anilines is 2. The number of esters is 1. The number of hydrogen-bond acceptors (Lipinski definition) is 7. The number of ether oxygens (including phenoxy) is 1. The van der Waals surface area contributed by atoms with Crippen LogP contribution in [0.25, 0.3) is 6.08 Å². The van der Waals surface area contributed by atoms with Crippen LogP contribution >= 0.6 is 23.1 Å². The average molecular weight is 672 g/mol. The lowest BCUT2D eigenvalue weighted by Gasteiger charge is -2.18. The number of thioether (sulfide) groups is 1. The second kappa shape index (κ2) is 15.7. The van der Waals surface area contributed by atoms with Crippen LogP contribution in [0.5, 0.6) is 0 Å². The summed E-state index contributed by atoms with van der Waals surface area (Å²) in [6.45, 7) is 4.19. The number of nitrogens with one attached hydrogen (secondary N) is 3. The monoisotopic (exact) mass is 671 g/mol. The first-order valence-corrected chi connectivity index (χ1v) is 17.0. The fourth-order valence-corrected chi connectivity index (χ4v) is 7.27. The summed E-state index contributed by atoms with van der Waals surface area (Å²) in [6.07, 6.45) is 4.09. The number of thiophene rings is 1. The maximum Gasteiger partial charge on any atom is 0.341 e. The van der Waals surface area contributed by atoms with E-state index >= 15 is 0 Å². The van der Waals surface area contributed by atoms with Crippen LogP contribution in [0.3, 0.4) is 0 Å². The molecule has 0 radical (unpaired) electrons. The molecule has 0 saturated carbocycles. The zero-order valence-corrected chi connectivity index (χ0v) is 27.6. The average Bonchev–Trinajstić information content (AvgIpc) is 3.41. The second-order valence-electron chi connectivity index (χ2n) is 11.0. The number of carbonyl (C=O) groups excluding carboxylic acids is 4. The molecule has 0 fully saturated rings. The first kappa shape index (κ1) is 33.6. The fraction of sp³-hybridized carbons (Fsp3) is 0.222. The van der Waals surface area contributed by atoms with Crippen LogP contribution in [0.15, 0.2) is 89.5 Å². The van der Waals surface area contributed by atoms with Gasteiger partial charge in [0, 0.05) is 21.0 Å². The van der Waals surface area contributed by atoms with Crippen LogP contribution in [0.1, 0.15) is 57.0 Å². The summed E-state index contributed by atoms with van der Waals surface area (Å²) in [5, 5.41) is 8.91. The summed E-state index contributed by atoms with van der Waals surface area (Å²) >= 11 is 2.72. The van der Waals surface area contributed by atoms with E-state index in [2.05, 4.69) is 22.9 Å². The summed E-state index contributed by atoms with van der Waals surface area (Å²) in [4.78, 5) is 54.0. The Kier molecular flexibility index (Phi) is 11.2. The van der Waals surface area contributed by atoms with Crippen molar-refractivity contribution in [2.45, 2.75) is 38.0 Å². The molecule has 0 saturated heterocycles. The molecule has 1 unspecified atom stereocenters. The number of hydrogen-bond donors (Lipinski definition) is 3. The molecular weight excluding hydrogens is 638 g/mol. The van der Waals surface area contributed by atoms with Crippen molar-refractivity contribution in [1.82, 2.24) is 5.32 Å². The van der Waals surface area contributed by atoms with Gasteiger partial charge in [-0.2, -0.15) is 0 Å². The molecule has 1 heterocycles. The number of carbonyl (C=O) groups is 4. The SMILES string of the molecule is CCOC(=O)c1c(NC(=O)CSc2cccc(NC(=O)/C(=C/c3ccc(F)cc3)NC(=O)c3ccccc3)c2)sc2c1CCC(C)C2. The highest BCUT2D eigenvalue weighted by Crippen LogP contribution is 2.40. The van der Waals surface area contributed by atoms with Gasteiger partial charge in [-0.05, 0) is 91.8 Å². The third kappa shape index (κ3) is 8.96. The predicted octanol–water partition coefficient (Wildman–Crippen LogP) is 7.33. The molecule has 0 bridgehead atoms. The molecule has 47 heavy (non-hydrogen) atoms. The van der Waals surface area contributed by atoms with Gasteiger partial charge in [0.25, 0.3) is 11.8 Å². The van der Waals surface area contributed by atoms with Crippen LogP contribution in [0.2, 0.25) is 0 Å². The van der Waals surface area contributed by atoms with Crippen LogP contribution in [0.4, 0.5) is 15.1 Å². The van der Waals surface area contributed by atoms with Crippen molar-refractivity contribution >= 4 is 63.6 Å². The van der Waals surface area contributed by atoms with Crippen molar-refractivity contribution < 1.29 is 28.3 Å². The summed E-state index contributed by atoms with van der Waals surface area (Å²) in [6, 6.07) is 21.0. The van der Waals surface area contributed by atoms with Gasteiger partial charge in [-0.15, -0.1) is 23.1 Å². The summed E-state index contributed by atoms with van der Waals surface area (Å²) in [5.41, 5.74) is 2.75. The maximum atomic E-state index is 13.5. The minimum atomic E-state index is -0.582. The third-order valence-corrected chi connectivity index (χ3v) is 9.58. The molecule has 4 aromatic rings. The number of benzene rings is 3. The first-order valence-electron chi connectivity index (χ1n) is 15.2. The lowest BCUT2D eigenvalue weighted by Crippen LogP contribution is -2.30. The maximum absolute atomic E-state index is 13.5. The molecular formula is C36H34FN3O5S2. The standard InChI is InChI=1S/C36H34FN3O5S2/c1-3-45-36(44)32-28-17-12-22(2)18-30(28)47-35(32)40-31(41)21-46-27-11-7-10-26(20-27)38-34(43)29(19-23-13-15-25(37)16-14-23)39-33(42)24-8-5-4-6-9-24/h4-11,13-16,19-20,22H,3,12,17-18,21H2,1-2H3,(H,38,43)(H,39,42)(H,40,41)/b29-19-. The van der Waals surface area contributed by atoms with E-state index in [0.717, 1.165) is 34.6 Å². The van der Waals surface area contributed by atoms with E-state index in [4.69, 9.17) is 4.74 Å². The highest BCUT2D eigenvalue weighted by atomic mass is 32.2. The normalized spacial score (nSPS) is 14.1. The Morgan fingerprint density at radius 1 is 1.00 bits per heavy atom. The zero-order chi connectivity index (χ0) is 33.3. The minimum absolute atomic E-state index is 0.0339. The number of amides is 3. The largest absolute Gasteiger partial charge is 0.462 e. The molecule has 3 amide bonds. The second-order valence-corrected chi connectivity index (χ2v) is 13.2. The Labute approximate surface area is 280 Å². The Morgan fingerprint density at radius 3 is 2.51 bits per heavy atom. The van der Waals surface area contributed by atoms with Crippen molar-refractivity contribution in [2.75, 3.05) is 23.0 Å². The van der Waals surface area contributed by atoms with Crippen LogP contribution < -0.4 is 16.0 Å². The highest BCUT2D eigenvalue weighted by Gasteiger charge is 2.29. The van der Waals surface area contributed by atoms with Gasteiger partial charge < -0.3 is 20.7 Å². The third-order valence-electron chi connectivity index (χ3n) is 7.42. The molecule has 1 aliphatic carbocycles. The topological polar surface area (TPSA) is 114 Å². The van der Waals surface area contributed by atoms with Gasteiger partial charge in [0.05, 0.1) is 17.9 Å². The lowest BCUT2D eigenvalue weighted by atomic mass is 9.88. The van der Waals surface area contributed by atoms with Gasteiger partial charge in [0.2, 0.25) is 5.91 Å². The molecule has 5 rings (SSSR count). The molecule has 11 heteroatoms. The molecule has 1 atom stereocenters. The zero-order valence-electron chi connectivity index (χ0n) is 25.9. The Morgan fingerprint density at radius 2 is 1.77 bits per heavy atom. The molecule has 8 nitrogen and oxygen atoms in total. The number of rotatable bonds is 11.